The Labute approximate surface area is 62.5 Å². The molecule has 2 unspecified atom stereocenters. The zero-order chi connectivity index (χ0) is 7.56. The molecule has 0 radical (unpaired) electrons. The van der Waals surface area contributed by atoms with E-state index >= 15 is 0 Å². The van der Waals surface area contributed by atoms with Crippen molar-refractivity contribution in [2.45, 2.75) is 52.1 Å². The van der Waals surface area contributed by atoms with Crippen molar-refractivity contribution in [2.24, 2.45) is 0 Å². The minimum absolute atomic E-state index is 0.0405. The first-order chi connectivity index (χ1) is 4.72. The molecule has 0 amide bonds. The third kappa shape index (κ3) is 1.96. The van der Waals surface area contributed by atoms with Gasteiger partial charge in [0.15, 0.2) is 6.29 Å². The molecule has 10 heavy (non-hydrogen) atoms. The Morgan fingerprint density at radius 3 is 2.10 bits per heavy atom. The Morgan fingerprint density at radius 2 is 1.70 bits per heavy atom. The van der Waals surface area contributed by atoms with E-state index in [1.807, 2.05) is 0 Å². The number of ether oxygens (including phenoxy) is 2. The van der Waals surface area contributed by atoms with E-state index < -0.39 is 0 Å². The van der Waals surface area contributed by atoms with Crippen molar-refractivity contribution in [1.82, 2.24) is 0 Å². The zero-order valence-corrected chi connectivity index (χ0v) is 6.96. The monoisotopic (exact) mass is 144 g/mol. The van der Waals surface area contributed by atoms with Crippen LogP contribution in [-0.4, -0.2) is 18.5 Å². The van der Waals surface area contributed by atoms with Gasteiger partial charge in [-0.05, 0) is 26.7 Å². The van der Waals surface area contributed by atoms with Crippen LogP contribution in [0.4, 0.5) is 0 Å². The number of hydrogen-bond acceptors (Lipinski definition) is 2. The molecular weight excluding hydrogens is 128 g/mol. The molecule has 0 N–H and O–H groups in total. The molecule has 2 nitrogen and oxygen atoms in total. The highest BCUT2D eigenvalue weighted by molar-refractivity contribution is 4.64. The van der Waals surface area contributed by atoms with Crippen molar-refractivity contribution in [3.8, 4) is 0 Å². The predicted molar refractivity (Wildman–Crippen MR) is 39.8 cm³/mol. The molecule has 2 atom stereocenters. The Bertz CT molecular complexity index is 93.4. The van der Waals surface area contributed by atoms with Gasteiger partial charge in [0.05, 0.1) is 12.2 Å². The lowest BCUT2D eigenvalue weighted by Gasteiger charge is -2.31. The van der Waals surface area contributed by atoms with Gasteiger partial charge in [-0.2, -0.15) is 0 Å². The lowest BCUT2D eigenvalue weighted by Crippen LogP contribution is -2.34. The van der Waals surface area contributed by atoms with Crippen LogP contribution in [0.2, 0.25) is 0 Å². The van der Waals surface area contributed by atoms with E-state index in [-0.39, 0.29) is 6.29 Å². The number of hydrogen-bond donors (Lipinski definition) is 0. The van der Waals surface area contributed by atoms with Crippen LogP contribution in [0.15, 0.2) is 0 Å². The summed E-state index contributed by atoms with van der Waals surface area (Å²) in [5.41, 5.74) is 0. The minimum atomic E-state index is 0.0405. The zero-order valence-electron chi connectivity index (χ0n) is 6.96. The Morgan fingerprint density at radius 1 is 1.20 bits per heavy atom. The van der Waals surface area contributed by atoms with Crippen molar-refractivity contribution in [2.75, 3.05) is 0 Å². The minimum Gasteiger partial charge on any atom is -0.350 e. The summed E-state index contributed by atoms with van der Waals surface area (Å²) in [6, 6.07) is 0. The normalized spacial score (nSPS) is 41.7. The maximum absolute atomic E-state index is 5.48. The lowest BCUT2D eigenvalue weighted by molar-refractivity contribution is -0.234. The summed E-state index contributed by atoms with van der Waals surface area (Å²) >= 11 is 0. The second-order valence-corrected chi connectivity index (χ2v) is 2.97. The first-order valence-electron chi connectivity index (χ1n) is 4.03. The van der Waals surface area contributed by atoms with Gasteiger partial charge >= 0.3 is 0 Å². The summed E-state index contributed by atoms with van der Waals surface area (Å²) < 4.78 is 11.0. The van der Waals surface area contributed by atoms with E-state index in [2.05, 4.69) is 20.8 Å². The molecule has 1 saturated heterocycles. The molecule has 0 aromatic carbocycles. The Hall–Kier alpha value is -0.0800. The third-order valence-corrected chi connectivity index (χ3v) is 1.77. The van der Waals surface area contributed by atoms with E-state index in [4.69, 9.17) is 9.47 Å². The molecule has 1 aliphatic rings. The van der Waals surface area contributed by atoms with Crippen LogP contribution in [-0.2, 0) is 9.47 Å². The fourth-order valence-corrected chi connectivity index (χ4v) is 1.32. The molecule has 0 saturated carbocycles. The first-order valence-corrected chi connectivity index (χ1v) is 4.03. The maximum atomic E-state index is 5.48. The van der Waals surface area contributed by atoms with Gasteiger partial charge in [-0.15, -0.1) is 0 Å². The number of rotatable bonds is 1. The average Bonchev–Trinajstić information content (AvgIpc) is 1.85. The van der Waals surface area contributed by atoms with Gasteiger partial charge in [-0.3, -0.25) is 0 Å². The first kappa shape index (κ1) is 8.02. The molecule has 1 heterocycles. The topological polar surface area (TPSA) is 18.5 Å². The van der Waals surface area contributed by atoms with Gasteiger partial charge in [0, 0.05) is 0 Å². The van der Waals surface area contributed by atoms with E-state index in [1.165, 1.54) is 0 Å². The highest BCUT2D eigenvalue weighted by atomic mass is 16.7. The van der Waals surface area contributed by atoms with Crippen LogP contribution in [0.25, 0.3) is 0 Å². The van der Waals surface area contributed by atoms with Crippen molar-refractivity contribution in [3.63, 3.8) is 0 Å². The molecule has 1 aliphatic heterocycles. The average molecular weight is 144 g/mol. The Balaban J connectivity index is 2.35. The van der Waals surface area contributed by atoms with Crippen LogP contribution in [0.1, 0.15) is 33.6 Å². The smallest absolute Gasteiger partial charge is 0.158 e. The summed E-state index contributed by atoms with van der Waals surface area (Å²) in [6.45, 7) is 6.28. The van der Waals surface area contributed by atoms with Crippen molar-refractivity contribution in [1.29, 1.82) is 0 Å². The molecule has 1 fully saturated rings. The molecule has 1 rings (SSSR count). The van der Waals surface area contributed by atoms with Gasteiger partial charge in [0.25, 0.3) is 0 Å². The summed E-state index contributed by atoms with van der Waals surface area (Å²) in [5.74, 6) is 0. The summed E-state index contributed by atoms with van der Waals surface area (Å²) in [7, 11) is 0. The van der Waals surface area contributed by atoms with Crippen LogP contribution in [0, 0.1) is 0 Å². The molecule has 0 aromatic rings. The molecule has 0 spiro atoms. The quantitative estimate of drug-likeness (QED) is 0.560. The largest absolute Gasteiger partial charge is 0.350 e. The predicted octanol–water partition coefficient (Wildman–Crippen LogP) is 1.94. The second kappa shape index (κ2) is 3.35. The maximum Gasteiger partial charge on any atom is 0.158 e. The van der Waals surface area contributed by atoms with Crippen LogP contribution >= 0.6 is 0 Å². The van der Waals surface area contributed by atoms with Gasteiger partial charge in [0.1, 0.15) is 0 Å². The van der Waals surface area contributed by atoms with E-state index in [1.54, 1.807) is 0 Å². The summed E-state index contributed by atoms with van der Waals surface area (Å²) in [5, 5.41) is 0. The van der Waals surface area contributed by atoms with Gasteiger partial charge in [0.2, 0.25) is 0 Å². The molecule has 0 aromatic heterocycles. The molecule has 0 aliphatic carbocycles. The van der Waals surface area contributed by atoms with Crippen molar-refractivity contribution in [3.05, 3.63) is 0 Å². The van der Waals surface area contributed by atoms with Crippen molar-refractivity contribution >= 4 is 0 Å². The van der Waals surface area contributed by atoms with Gasteiger partial charge < -0.3 is 9.47 Å². The molecule has 2 heteroatoms. The third-order valence-electron chi connectivity index (χ3n) is 1.77. The fraction of sp³-hybridized carbons (Fsp3) is 1.00. The molecule has 0 bridgehead atoms. The van der Waals surface area contributed by atoms with E-state index in [9.17, 15) is 0 Å². The summed E-state index contributed by atoms with van der Waals surface area (Å²) in [4.78, 5) is 0. The highest BCUT2D eigenvalue weighted by Gasteiger charge is 2.22. The van der Waals surface area contributed by atoms with Gasteiger partial charge in [-0.25, -0.2) is 0 Å². The Kier molecular flexibility index (Phi) is 2.69. The SMILES string of the molecule is CCC1OC(C)CC(C)O1. The highest BCUT2D eigenvalue weighted by Crippen LogP contribution is 2.19. The molecule has 60 valence electrons. The summed E-state index contributed by atoms with van der Waals surface area (Å²) in [6.07, 6.45) is 2.76. The van der Waals surface area contributed by atoms with Gasteiger partial charge in [-0.1, -0.05) is 6.92 Å². The van der Waals surface area contributed by atoms with Crippen LogP contribution in [0.5, 0.6) is 0 Å². The van der Waals surface area contributed by atoms with E-state index in [0.29, 0.717) is 12.2 Å². The van der Waals surface area contributed by atoms with Crippen LogP contribution in [0.3, 0.4) is 0 Å². The second-order valence-electron chi connectivity index (χ2n) is 2.97. The van der Waals surface area contributed by atoms with Crippen LogP contribution < -0.4 is 0 Å². The lowest BCUT2D eigenvalue weighted by atomic mass is 10.2. The standard InChI is InChI=1S/C8H16O2/c1-4-8-9-6(2)5-7(3)10-8/h6-8H,4-5H2,1-3H3. The fourth-order valence-electron chi connectivity index (χ4n) is 1.32. The molecular formula is C8H16O2. The van der Waals surface area contributed by atoms with E-state index in [0.717, 1.165) is 12.8 Å². The van der Waals surface area contributed by atoms with Crippen molar-refractivity contribution < 1.29 is 9.47 Å².